The Morgan fingerprint density at radius 2 is 2.08 bits per heavy atom. The van der Waals surface area contributed by atoms with Crippen LogP contribution in [0.1, 0.15) is 19.8 Å². The highest BCUT2D eigenvalue weighted by Gasteiger charge is 2.48. The molecule has 1 spiro atoms. The number of nitrogens with zero attached hydrogens (tertiary/aromatic N) is 4. The second-order valence-electron chi connectivity index (χ2n) is 6.82. The van der Waals surface area contributed by atoms with Gasteiger partial charge in [-0.25, -0.2) is 9.97 Å². The van der Waals surface area contributed by atoms with Crippen LogP contribution in [0.2, 0.25) is 0 Å². The molecule has 24 heavy (non-hydrogen) atoms. The van der Waals surface area contributed by atoms with Crippen molar-refractivity contribution in [3.8, 4) is 5.88 Å². The van der Waals surface area contributed by atoms with E-state index in [-0.39, 0.29) is 11.3 Å². The lowest BCUT2D eigenvalue weighted by Gasteiger charge is -2.42. The first-order valence-corrected chi connectivity index (χ1v) is 8.43. The maximum absolute atomic E-state index is 11.8. The van der Waals surface area contributed by atoms with Crippen LogP contribution >= 0.6 is 0 Å². The highest BCUT2D eigenvalue weighted by Crippen LogP contribution is 2.45. The fourth-order valence-electron chi connectivity index (χ4n) is 4.07. The van der Waals surface area contributed by atoms with Gasteiger partial charge in [0.25, 0.3) is 0 Å². The van der Waals surface area contributed by atoms with Crippen LogP contribution in [0, 0.1) is 11.3 Å². The second-order valence-corrected chi connectivity index (χ2v) is 6.82. The molecule has 2 aliphatic rings. The summed E-state index contributed by atoms with van der Waals surface area (Å²) in [6.45, 7) is 5.87. The van der Waals surface area contributed by atoms with Gasteiger partial charge in [0.1, 0.15) is 12.1 Å². The first-order chi connectivity index (χ1) is 11.6. The molecule has 0 aromatic carbocycles. The molecule has 0 aliphatic carbocycles. The number of rotatable bonds is 4. The van der Waals surface area contributed by atoms with Gasteiger partial charge in [-0.2, -0.15) is 0 Å². The number of anilines is 1. The largest absolute Gasteiger partial charge is 0.481 e. The Bertz CT molecular complexity index is 587. The lowest BCUT2D eigenvalue weighted by atomic mass is 9.71. The van der Waals surface area contributed by atoms with E-state index in [9.17, 15) is 4.79 Å². The summed E-state index contributed by atoms with van der Waals surface area (Å²) in [5.74, 6) is 2.06. The zero-order chi connectivity index (χ0) is 17.2. The van der Waals surface area contributed by atoms with Crippen molar-refractivity contribution >= 4 is 11.7 Å². The first-order valence-electron chi connectivity index (χ1n) is 8.43. The molecular weight excluding hydrogens is 308 g/mol. The lowest BCUT2D eigenvalue weighted by molar-refractivity contribution is -0.128. The Balaban J connectivity index is 1.71. The average molecular weight is 334 g/mol. The molecule has 0 radical (unpaired) electrons. The van der Waals surface area contributed by atoms with Gasteiger partial charge in [0.15, 0.2) is 0 Å². The van der Waals surface area contributed by atoms with E-state index in [4.69, 9.17) is 9.47 Å². The number of piperidine rings is 1. The zero-order valence-corrected chi connectivity index (χ0v) is 14.7. The highest BCUT2D eigenvalue weighted by atomic mass is 16.5. The number of carbonyl (C=O) groups excluding carboxylic acids is 1. The van der Waals surface area contributed by atoms with E-state index in [2.05, 4.69) is 14.9 Å². The van der Waals surface area contributed by atoms with E-state index in [0.717, 1.165) is 44.8 Å². The molecular formula is C17H26N4O3. The smallest absolute Gasteiger partial charge is 0.219 e. The number of likely N-dealkylation sites (tertiary alicyclic amines) is 1. The molecule has 0 bridgehead atoms. The van der Waals surface area contributed by atoms with E-state index in [1.54, 1.807) is 27.5 Å². The van der Waals surface area contributed by atoms with Crippen LogP contribution in [-0.2, 0) is 9.53 Å². The summed E-state index contributed by atoms with van der Waals surface area (Å²) in [6, 6.07) is 1.88. The standard InChI is InChI=1S/C17H26N4O3/c1-13(22)21-9-14(10-23-2)17(11-21)4-6-20(7-5-17)15-8-16(24-3)19-12-18-15/h8,12,14H,4-7,9-11H2,1-3H3/t14-/m0/s1. The summed E-state index contributed by atoms with van der Waals surface area (Å²) in [7, 11) is 3.36. The van der Waals surface area contributed by atoms with E-state index in [1.807, 2.05) is 11.0 Å². The summed E-state index contributed by atoms with van der Waals surface area (Å²) < 4.78 is 10.6. The van der Waals surface area contributed by atoms with Crippen LogP contribution in [0.3, 0.4) is 0 Å². The molecule has 2 saturated heterocycles. The number of ether oxygens (including phenoxy) is 2. The van der Waals surface area contributed by atoms with E-state index in [0.29, 0.717) is 18.4 Å². The lowest BCUT2D eigenvalue weighted by Crippen LogP contribution is -2.45. The molecule has 1 atom stereocenters. The SMILES string of the molecule is COC[C@@H]1CN(C(C)=O)CC12CCN(c1cc(OC)ncn1)CC2. The Morgan fingerprint density at radius 3 is 2.71 bits per heavy atom. The Kier molecular flexibility index (Phi) is 4.89. The highest BCUT2D eigenvalue weighted by molar-refractivity contribution is 5.73. The summed E-state index contributed by atoms with van der Waals surface area (Å²) in [5, 5.41) is 0. The van der Waals surface area contributed by atoms with Gasteiger partial charge in [0.05, 0.1) is 13.7 Å². The molecule has 7 heteroatoms. The topological polar surface area (TPSA) is 67.8 Å². The third-order valence-corrected chi connectivity index (χ3v) is 5.55. The van der Waals surface area contributed by atoms with Crippen molar-refractivity contribution in [2.45, 2.75) is 19.8 Å². The van der Waals surface area contributed by atoms with Crippen molar-refractivity contribution < 1.29 is 14.3 Å². The normalized spacial score (nSPS) is 22.9. The predicted molar refractivity (Wildman–Crippen MR) is 90.1 cm³/mol. The van der Waals surface area contributed by atoms with Gasteiger partial charge < -0.3 is 19.3 Å². The summed E-state index contributed by atoms with van der Waals surface area (Å²) in [6.07, 6.45) is 3.62. The van der Waals surface area contributed by atoms with Crippen molar-refractivity contribution in [1.82, 2.24) is 14.9 Å². The monoisotopic (exact) mass is 334 g/mol. The Morgan fingerprint density at radius 1 is 1.33 bits per heavy atom. The third-order valence-electron chi connectivity index (χ3n) is 5.55. The minimum Gasteiger partial charge on any atom is -0.481 e. The molecule has 2 fully saturated rings. The van der Waals surface area contributed by atoms with Gasteiger partial charge in [0, 0.05) is 52.2 Å². The predicted octanol–water partition coefficient (Wildman–Crippen LogP) is 1.20. The van der Waals surface area contributed by atoms with Gasteiger partial charge in [-0.15, -0.1) is 0 Å². The average Bonchev–Trinajstić information content (AvgIpc) is 2.94. The molecule has 132 valence electrons. The van der Waals surface area contributed by atoms with Crippen LogP contribution in [0.5, 0.6) is 5.88 Å². The van der Waals surface area contributed by atoms with Crippen molar-refractivity contribution in [2.24, 2.45) is 11.3 Å². The van der Waals surface area contributed by atoms with E-state index in [1.165, 1.54) is 0 Å². The summed E-state index contributed by atoms with van der Waals surface area (Å²) in [5.41, 5.74) is 0.162. The number of aromatic nitrogens is 2. The molecule has 1 amide bonds. The summed E-state index contributed by atoms with van der Waals surface area (Å²) in [4.78, 5) is 24.5. The van der Waals surface area contributed by atoms with E-state index >= 15 is 0 Å². The Hall–Kier alpha value is -1.89. The van der Waals surface area contributed by atoms with Crippen molar-refractivity contribution in [2.75, 3.05) is 51.9 Å². The number of carbonyl (C=O) groups is 1. The minimum absolute atomic E-state index is 0.162. The van der Waals surface area contributed by atoms with Crippen LogP contribution < -0.4 is 9.64 Å². The molecule has 3 rings (SSSR count). The molecule has 0 saturated carbocycles. The van der Waals surface area contributed by atoms with Crippen molar-refractivity contribution in [1.29, 1.82) is 0 Å². The fourth-order valence-corrected chi connectivity index (χ4v) is 4.07. The summed E-state index contributed by atoms with van der Waals surface area (Å²) >= 11 is 0. The van der Waals surface area contributed by atoms with Crippen molar-refractivity contribution in [3.05, 3.63) is 12.4 Å². The molecule has 2 aliphatic heterocycles. The van der Waals surface area contributed by atoms with Gasteiger partial charge in [-0.05, 0) is 18.3 Å². The molecule has 0 unspecified atom stereocenters. The fraction of sp³-hybridized carbons (Fsp3) is 0.706. The van der Waals surface area contributed by atoms with Crippen LogP contribution in [0.4, 0.5) is 5.82 Å². The minimum atomic E-state index is 0.162. The van der Waals surface area contributed by atoms with Crippen LogP contribution in [0.15, 0.2) is 12.4 Å². The quantitative estimate of drug-likeness (QED) is 0.824. The zero-order valence-electron chi connectivity index (χ0n) is 14.7. The number of hydrogen-bond acceptors (Lipinski definition) is 6. The second kappa shape index (κ2) is 6.93. The first kappa shape index (κ1) is 17.0. The molecule has 1 aromatic rings. The number of methoxy groups -OCH3 is 2. The maximum atomic E-state index is 11.8. The Labute approximate surface area is 143 Å². The third kappa shape index (κ3) is 3.17. The number of amides is 1. The molecule has 1 aromatic heterocycles. The van der Waals surface area contributed by atoms with Crippen LogP contribution in [-0.4, -0.2) is 67.8 Å². The van der Waals surface area contributed by atoms with Crippen LogP contribution in [0.25, 0.3) is 0 Å². The molecule has 3 heterocycles. The maximum Gasteiger partial charge on any atom is 0.219 e. The van der Waals surface area contributed by atoms with Gasteiger partial charge in [-0.1, -0.05) is 0 Å². The van der Waals surface area contributed by atoms with Gasteiger partial charge in [-0.3, -0.25) is 4.79 Å². The number of hydrogen-bond donors (Lipinski definition) is 0. The molecule has 7 nitrogen and oxygen atoms in total. The van der Waals surface area contributed by atoms with Gasteiger partial charge >= 0.3 is 0 Å². The molecule has 0 N–H and O–H groups in total. The van der Waals surface area contributed by atoms with E-state index < -0.39 is 0 Å². The van der Waals surface area contributed by atoms with Crippen molar-refractivity contribution in [3.63, 3.8) is 0 Å². The van der Waals surface area contributed by atoms with Gasteiger partial charge in [0.2, 0.25) is 11.8 Å².